The van der Waals surface area contributed by atoms with Crippen LogP contribution in [0.3, 0.4) is 0 Å². The Bertz CT molecular complexity index is 1170. The molecule has 0 aliphatic rings. The van der Waals surface area contributed by atoms with Crippen molar-refractivity contribution >= 4 is 28.6 Å². The fourth-order valence-electron chi connectivity index (χ4n) is 2.77. The number of esters is 1. The molecule has 4 rings (SSSR count). The van der Waals surface area contributed by atoms with Crippen molar-refractivity contribution in [3.8, 4) is 0 Å². The van der Waals surface area contributed by atoms with E-state index < -0.39 is 17.7 Å². The van der Waals surface area contributed by atoms with Gasteiger partial charge in [-0.25, -0.2) is 14.8 Å². The number of pyridine rings is 1. The molecule has 0 aliphatic carbocycles. The number of hydrogen-bond acceptors (Lipinski definition) is 6. The van der Waals surface area contributed by atoms with E-state index in [-0.39, 0.29) is 29.6 Å². The monoisotopic (exact) mass is 413 g/mol. The van der Waals surface area contributed by atoms with E-state index in [0.717, 1.165) is 12.1 Å². The van der Waals surface area contributed by atoms with E-state index >= 15 is 0 Å². The lowest BCUT2D eigenvalue weighted by atomic mass is 10.2. The van der Waals surface area contributed by atoms with Crippen molar-refractivity contribution in [1.29, 1.82) is 0 Å². The summed E-state index contributed by atoms with van der Waals surface area (Å²) in [7, 11) is 0. The maximum absolute atomic E-state index is 12.9. The number of aromatic nitrogens is 2. The van der Waals surface area contributed by atoms with E-state index in [2.05, 4.69) is 15.3 Å². The Morgan fingerprint density at radius 1 is 1.07 bits per heavy atom. The van der Waals surface area contributed by atoms with Crippen LogP contribution in [0.25, 0.3) is 11.1 Å². The summed E-state index contributed by atoms with van der Waals surface area (Å²) in [5.41, 5.74) is 0.583. The van der Waals surface area contributed by atoms with Gasteiger partial charge in [0.1, 0.15) is 16.9 Å². The van der Waals surface area contributed by atoms with Gasteiger partial charge in [-0.1, -0.05) is 18.2 Å². The van der Waals surface area contributed by atoms with E-state index in [0.29, 0.717) is 11.1 Å². The lowest BCUT2D eigenvalue weighted by Crippen LogP contribution is -2.10. The number of alkyl halides is 3. The number of rotatable bonds is 5. The molecule has 0 unspecified atom stereocenters. The summed E-state index contributed by atoms with van der Waals surface area (Å²) in [4.78, 5) is 20.8. The van der Waals surface area contributed by atoms with Crippen LogP contribution >= 0.6 is 0 Å². The molecule has 152 valence electrons. The average Bonchev–Trinajstić information content (AvgIpc) is 3.15. The van der Waals surface area contributed by atoms with Crippen LogP contribution in [0.1, 0.15) is 21.8 Å². The minimum Gasteiger partial charge on any atom is -0.452 e. The van der Waals surface area contributed by atoms with Crippen molar-refractivity contribution in [3.05, 3.63) is 83.9 Å². The number of ether oxygens (including phenoxy) is 1. The maximum atomic E-state index is 12.9. The van der Waals surface area contributed by atoms with Gasteiger partial charge in [-0.3, -0.25) is 0 Å². The van der Waals surface area contributed by atoms with Crippen molar-refractivity contribution in [1.82, 2.24) is 9.97 Å². The van der Waals surface area contributed by atoms with E-state index in [1.807, 2.05) is 6.07 Å². The van der Waals surface area contributed by atoms with Crippen LogP contribution in [0, 0.1) is 0 Å². The summed E-state index contributed by atoms with van der Waals surface area (Å²) < 4.78 is 49.5. The third kappa shape index (κ3) is 4.24. The molecule has 2 aromatic carbocycles. The van der Waals surface area contributed by atoms with E-state index in [1.165, 1.54) is 30.5 Å². The molecule has 2 heterocycles. The number of nitrogens with one attached hydrogen (secondary N) is 1. The van der Waals surface area contributed by atoms with Crippen molar-refractivity contribution in [2.75, 3.05) is 5.32 Å². The Kier molecular flexibility index (Phi) is 5.09. The van der Waals surface area contributed by atoms with Gasteiger partial charge < -0.3 is 14.5 Å². The number of fused-ring (bicyclic) bond motifs is 1. The molecule has 0 amide bonds. The van der Waals surface area contributed by atoms with Crippen LogP contribution in [0.5, 0.6) is 0 Å². The first-order valence-corrected chi connectivity index (χ1v) is 8.81. The predicted octanol–water partition coefficient (Wildman–Crippen LogP) is 5.34. The van der Waals surface area contributed by atoms with Crippen LogP contribution < -0.4 is 5.32 Å². The fraction of sp³-hybridized carbons (Fsp3) is 0.0952. The third-order valence-electron chi connectivity index (χ3n) is 4.15. The summed E-state index contributed by atoms with van der Waals surface area (Å²) in [5, 5.41) is 2.73. The van der Waals surface area contributed by atoms with Gasteiger partial charge in [0.25, 0.3) is 0 Å². The third-order valence-corrected chi connectivity index (χ3v) is 4.15. The van der Waals surface area contributed by atoms with E-state index in [1.54, 1.807) is 18.2 Å². The van der Waals surface area contributed by atoms with Crippen LogP contribution in [-0.4, -0.2) is 15.9 Å². The van der Waals surface area contributed by atoms with Gasteiger partial charge in [0, 0.05) is 11.9 Å². The molecule has 9 heteroatoms. The Balaban J connectivity index is 1.50. The number of para-hydroxylation sites is 2. The van der Waals surface area contributed by atoms with Crippen LogP contribution in [0.2, 0.25) is 0 Å². The molecule has 0 radical (unpaired) electrons. The van der Waals surface area contributed by atoms with Crippen LogP contribution in [0.4, 0.5) is 24.7 Å². The number of nitrogens with zero attached hydrogens (tertiary/aromatic N) is 2. The Morgan fingerprint density at radius 2 is 1.90 bits per heavy atom. The number of benzene rings is 2. The summed E-state index contributed by atoms with van der Waals surface area (Å²) in [6.45, 7) is -0.203. The van der Waals surface area contributed by atoms with Crippen LogP contribution in [0.15, 0.2) is 71.3 Å². The number of halogens is 3. The second kappa shape index (κ2) is 7.86. The smallest absolute Gasteiger partial charge is 0.416 e. The Hall–Kier alpha value is -3.88. The molecule has 0 spiro atoms. The summed E-state index contributed by atoms with van der Waals surface area (Å²) in [6, 6.07) is 14.7. The van der Waals surface area contributed by atoms with Gasteiger partial charge >= 0.3 is 12.1 Å². The first kappa shape index (κ1) is 19.4. The first-order valence-electron chi connectivity index (χ1n) is 8.81. The van der Waals surface area contributed by atoms with E-state index in [4.69, 9.17) is 9.15 Å². The van der Waals surface area contributed by atoms with Crippen LogP contribution in [-0.2, 0) is 17.5 Å². The minimum atomic E-state index is -4.48. The number of anilines is 2. The molecule has 0 aliphatic heterocycles. The maximum Gasteiger partial charge on any atom is 0.416 e. The molecule has 30 heavy (non-hydrogen) atoms. The molecule has 1 N–H and O–H groups in total. The Morgan fingerprint density at radius 3 is 2.70 bits per heavy atom. The lowest BCUT2D eigenvalue weighted by molar-refractivity contribution is -0.137. The zero-order chi connectivity index (χ0) is 21.1. The number of carbonyl (C=O) groups excluding carboxylic acids is 1. The minimum absolute atomic E-state index is 0.0611. The molecular weight excluding hydrogens is 399 g/mol. The molecular formula is C21H14F3N3O3. The summed E-state index contributed by atoms with van der Waals surface area (Å²) in [5.74, 6) is -0.431. The quantitative estimate of drug-likeness (QED) is 0.445. The molecule has 6 nitrogen and oxygen atoms in total. The highest BCUT2D eigenvalue weighted by Crippen LogP contribution is 2.31. The second-order valence-corrected chi connectivity index (χ2v) is 6.25. The number of hydrogen-bond donors (Lipinski definition) is 1. The van der Waals surface area contributed by atoms with Gasteiger partial charge in [-0.05, 0) is 42.5 Å². The second-order valence-electron chi connectivity index (χ2n) is 6.25. The van der Waals surface area contributed by atoms with Gasteiger partial charge in [-0.2, -0.15) is 13.2 Å². The fourth-order valence-corrected chi connectivity index (χ4v) is 2.77. The molecule has 0 saturated carbocycles. The zero-order valence-corrected chi connectivity index (χ0v) is 15.3. The summed E-state index contributed by atoms with van der Waals surface area (Å²) >= 11 is 0. The molecule has 0 atom stereocenters. The van der Waals surface area contributed by atoms with Crippen molar-refractivity contribution in [2.24, 2.45) is 0 Å². The lowest BCUT2D eigenvalue weighted by Gasteiger charge is -2.12. The van der Waals surface area contributed by atoms with Gasteiger partial charge in [-0.15, -0.1) is 0 Å². The van der Waals surface area contributed by atoms with Crippen molar-refractivity contribution < 1.29 is 27.1 Å². The largest absolute Gasteiger partial charge is 0.452 e. The molecule has 2 aromatic heterocycles. The van der Waals surface area contributed by atoms with E-state index in [9.17, 15) is 18.0 Å². The topological polar surface area (TPSA) is 77.2 Å². The predicted molar refractivity (Wildman–Crippen MR) is 102 cm³/mol. The molecule has 0 fully saturated rings. The molecule has 0 bridgehead atoms. The van der Waals surface area contributed by atoms with Gasteiger partial charge in [0.15, 0.2) is 12.2 Å². The zero-order valence-electron chi connectivity index (χ0n) is 15.3. The highest BCUT2D eigenvalue weighted by Gasteiger charge is 2.30. The van der Waals surface area contributed by atoms with Gasteiger partial charge in [0.2, 0.25) is 5.89 Å². The summed E-state index contributed by atoms with van der Waals surface area (Å²) in [6.07, 6.45) is -3.07. The normalized spacial score (nSPS) is 11.4. The highest BCUT2D eigenvalue weighted by atomic mass is 19.4. The number of oxazole rings is 1. The highest BCUT2D eigenvalue weighted by molar-refractivity contribution is 5.95. The molecule has 0 saturated heterocycles. The number of carbonyl (C=O) groups is 1. The SMILES string of the molecule is O=C(OCc1nc2ccccc2o1)c1cccnc1Nc1cccc(C(F)(F)F)c1. The molecule has 4 aromatic rings. The Labute approximate surface area is 168 Å². The van der Waals surface area contributed by atoms with Crippen molar-refractivity contribution in [3.63, 3.8) is 0 Å². The standard InChI is InChI=1S/C21H14F3N3O3/c22-21(23,24)13-5-3-6-14(11-13)26-19-15(7-4-10-25-19)20(28)29-12-18-27-16-8-1-2-9-17(16)30-18/h1-11H,12H2,(H,25,26). The first-order chi connectivity index (χ1) is 14.4. The van der Waals surface area contributed by atoms with Gasteiger partial charge in [0.05, 0.1) is 5.56 Å². The van der Waals surface area contributed by atoms with Crippen molar-refractivity contribution in [2.45, 2.75) is 12.8 Å². The average molecular weight is 413 g/mol.